The summed E-state index contributed by atoms with van der Waals surface area (Å²) in [6.07, 6.45) is -0.301. The maximum Gasteiger partial charge on any atom is 0.433 e. The van der Waals surface area contributed by atoms with Gasteiger partial charge in [0.2, 0.25) is 5.91 Å². The molecular formula is C29H40F3N5O. The molecule has 2 aliphatic rings. The number of nitrogens with one attached hydrogen (secondary N) is 1. The Bertz CT molecular complexity index is 1060. The third-order valence-corrected chi connectivity index (χ3v) is 7.60. The highest BCUT2D eigenvalue weighted by molar-refractivity contribution is 5.76. The Kier molecular flexibility index (Phi) is 8.85. The van der Waals surface area contributed by atoms with Crippen molar-refractivity contribution in [3.05, 3.63) is 53.9 Å². The molecule has 208 valence electrons. The van der Waals surface area contributed by atoms with Crippen molar-refractivity contribution in [2.45, 2.75) is 64.1 Å². The van der Waals surface area contributed by atoms with Gasteiger partial charge in [-0.2, -0.15) is 13.2 Å². The first-order valence-corrected chi connectivity index (χ1v) is 13.6. The highest BCUT2D eigenvalue weighted by atomic mass is 19.4. The zero-order valence-electron chi connectivity index (χ0n) is 22.7. The van der Waals surface area contributed by atoms with Gasteiger partial charge >= 0.3 is 6.18 Å². The van der Waals surface area contributed by atoms with Gasteiger partial charge in [0.25, 0.3) is 0 Å². The first-order chi connectivity index (χ1) is 18.0. The minimum absolute atomic E-state index is 0.0385. The van der Waals surface area contributed by atoms with Crippen molar-refractivity contribution in [2.75, 3.05) is 56.0 Å². The van der Waals surface area contributed by atoms with E-state index in [0.717, 1.165) is 45.2 Å². The molecule has 0 bridgehead atoms. The summed E-state index contributed by atoms with van der Waals surface area (Å²) in [5, 5.41) is 3.18. The second-order valence-electron chi connectivity index (χ2n) is 11.5. The number of aromatic nitrogens is 1. The number of likely N-dealkylation sites (tertiary alicyclic amines) is 1. The molecule has 0 atom stereocenters. The normalized spacial score (nSPS) is 18.4. The number of piperidine rings is 1. The molecule has 1 aromatic heterocycles. The van der Waals surface area contributed by atoms with Gasteiger partial charge in [0, 0.05) is 69.3 Å². The third kappa shape index (κ3) is 7.62. The Hall–Kier alpha value is -2.81. The summed E-state index contributed by atoms with van der Waals surface area (Å²) in [7, 11) is 0. The largest absolute Gasteiger partial charge is 0.433 e. The lowest BCUT2D eigenvalue weighted by Crippen LogP contribution is -2.43. The van der Waals surface area contributed by atoms with Crippen LogP contribution in [-0.4, -0.2) is 72.5 Å². The number of pyridine rings is 1. The van der Waals surface area contributed by atoms with Gasteiger partial charge in [0.15, 0.2) is 0 Å². The molecule has 2 fully saturated rings. The summed E-state index contributed by atoms with van der Waals surface area (Å²) >= 11 is 0. The van der Waals surface area contributed by atoms with Crippen LogP contribution in [0, 0.1) is 0 Å². The number of rotatable bonds is 6. The van der Waals surface area contributed by atoms with E-state index in [1.54, 1.807) is 6.07 Å². The molecule has 4 rings (SSSR count). The minimum atomic E-state index is -4.46. The Labute approximate surface area is 224 Å². The standard InChI is InChI=1S/C29H40F3N5O/c1-28(2,3)22-5-7-25(8-6-22)36-15-4-14-35(19-20-36)16-12-27(38)37-17-10-23(11-18-37)34-24-9-13-33-26(21-24)29(30,31)32/h5-9,13,21,23H,4,10-12,14-20H2,1-3H3,(H,33,34). The molecule has 6 nitrogen and oxygen atoms in total. The number of amides is 1. The van der Waals surface area contributed by atoms with Crippen molar-refractivity contribution < 1.29 is 18.0 Å². The number of nitrogens with zero attached hydrogens (tertiary/aromatic N) is 4. The lowest BCUT2D eigenvalue weighted by atomic mass is 9.87. The molecule has 2 saturated heterocycles. The molecule has 9 heteroatoms. The van der Waals surface area contributed by atoms with Crippen molar-refractivity contribution in [3.8, 4) is 0 Å². The molecular weight excluding hydrogens is 491 g/mol. The van der Waals surface area contributed by atoms with E-state index in [4.69, 9.17) is 0 Å². The van der Waals surface area contributed by atoms with Gasteiger partial charge in [0.1, 0.15) is 5.69 Å². The van der Waals surface area contributed by atoms with E-state index in [1.807, 2.05) is 4.90 Å². The number of halogens is 3. The van der Waals surface area contributed by atoms with E-state index in [1.165, 1.54) is 17.4 Å². The maximum atomic E-state index is 12.9. The lowest BCUT2D eigenvalue weighted by molar-refractivity contribution is -0.141. The van der Waals surface area contributed by atoms with E-state index < -0.39 is 11.9 Å². The van der Waals surface area contributed by atoms with Crippen molar-refractivity contribution in [2.24, 2.45) is 0 Å². The van der Waals surface area contributed by atoms with Crippen LogP contribution in [-0.2, 0) is 16.4 Å². The molecule has 0 radical (unpaired) electrons. The second-order valence-corrected chi connectivity index (χ2v) is 11.5. The lowest BCUT2D eigenvalue weighted by Gasteiger charge is -2.33. The fraction of sp³-hybridized carbons (Fsp3) is 0.586. The molecule has 0 unspecified atom stereocenters. The van der Waals surface area contributed by atoms with E-state index in [0.29, 0.717) is 38.0 Å². The average molecular weight is 532 g/mol. The Morgan fingerprint density at radius 2 is 1.68 bits per heavy atom. The second kappa shape index (κ2) is 11.9. The van der Waals surface area contributed by atoms with E-state index in [-0.39, 0.29) is 17.4 Å². The summed E-state index contributed by atoms with van der Waals surface area (Å²) in [4.78, 5) is 23.0. The average Bonchev–Trinajstić information content (AvgIpc) is 3.13. The van der Waals surface area contributed by atoms with Crippen LogP contribution in [0.1, 0.15) is 57.7 Å². The smallest absolute Gasteiger partial charge is 0.382 e. The SMILES string of the molecule is CC(C)(C)c1ccc(N2CCCN(CCC(=O)N3CCC(Nc4ccnc(C(F)(F)F)c4)CC3)CC2)cc1. The van der Waals surface area contributed by atoms with Crippen LogP contribution >= 0.6 is 0 Å². The van der Waals surface area contributed by atoms with E-state index >= 15 is 0 Å². The van der Waals surface area contributed by atoms with Gasteiger partial charge in [-0.3, -0.25) is 9.78 Å². The topological polar surface area (TPSA) is 51.7 Å². The zero-order valence-corrected chi connectivity index (χ0v) is 22.7. The Balaban J connectivity index is 1.19. The van der Waals surface area contributed by atoms with Crippen molar-refractivity contribution in [1.82, 2.24) is 14.8 Å². The molecule has 38 heavy (non-hydrogen) atoms. The predicted molar refractivity (Wildman–Crippen MR) is 145 cm³/mol. The Morgan fingerprint density at radius 3 is 2.34 bits per heavy atom. The highest BCUT2D eigenvalue weighted by Crippen LogP contribution is 2.29. The van der Waals surface area contributed by atoms with Gasteiger partial charge in [-0.05, 0) is 61.1 Å². The first-order valence-electron chi connectivity index (χ1n) is 13.6. The zero-order chi connectivity index (χ0) is 27.3. The highest BCUT2D eigenvalue weighted by Gasteiger charge is 2.33. The molecule has 1 N–H and O–H groups in total. The number of carbonyl (C=O) groups is 1. The van der Waals surface area contributed by atoms with E-state index in [2.05, 4.69) is 65.1 Å². The number of hydrogen-bond acceptors (Lipinski definition) is 5. The Morgan fingerprint density at radius 1 is 0.974 bits per heavy atom. The molecule has 2 aromatic rings. The molecule has 3 heterocycles. The molecule has 0 saturated carbocycles. The van der Waals surface area contributed by atoms with Crippen LogP contribution in [0.2, 0.25) is 0 Å². The van der Waals surface area contributed by atoms with Crippen molar-refractivity contribution in [3.63, 3.8) is 0 Å². The molecule has 0 spiro atoms. The number of carbonyl (C=O) groups excluding carboxylic acids is 1. The maximum absolute atomic E-state index is 12.9. The van der Waals surface area contributed by atoms with Crippen LogP contribution < -0.4 is 10.2 Å². The van der Waals surface area contributed by atoms with Crippen LogP contribution in [0.3, 0.4) is 0 Å². The fourth-order valence-electron chi connectivity index (χ4n) is 5.22. The van der Waals surface area contributed by atoms with Crippen molar-refractivity contribution in [1.29, 1.82) is 0 Å². The molecule has 2 aliphatic heterocycles. The van der Waals surface area contributed by atoms with Gasteiger partial charge in [0.05, 0.1) is 0 Å². The fourth-order valence-corrected chi connectivity index (χ4v) is 5.22. The monoisotopic (exact) mass is 531 g/mol. The number of alkyl halides is 3. The number of benzene rings is 1. The van der Waals surface area contributed by atoms with E-state index in [9.17, 15) is 18.0 Å². The van der Waals surface area contributed by atoms with Gasteiger partial charge < -0.3 is 20.0 Å². The van der Waals surface area contributed by atoms with Crippen LogP contribution in [0.5, 0.6) is 0 Å². The summed E-state index contributed by atoms with van der Waals surface area (Å²) in [5.41, 5.74) is 2.26. The van der Waals surface area contributed by atoms with Gasteiger partial charge in [-0.15, -0.1) is 0 Å². The summed E-state index contributed by atoms with van der Waals surface area (Å²) in [6, 6.07) is 11.5. The third-order valence-electron chi connectivity index (χ3n) is 7.60. The summed E-state index contributed by atoms with van der Waals surface area (Å²) in [6.45, 7) is 12.6. The van der Waals surface area contributed by atoms with Crippen LogP contribution in [0.15, 0.2) is 42.6 Å². The minimum Gasteiger partial charge on any atom is -0.382 e. The van der Waals surface area contributed by atoms with Gasteiger partial charge in [-0.1, -0.05) is 32.9 Å². The van der Waals surface area contributed by atoms with Crippen LogP contribution in [0.25, 0.3) is 0 Å². The summed E-state index contributed by atoms with van der Waals surface area (Å²) < 4.78 is 38.8. The van der Waals surface area contributed by atoms with Gasteiger partial charge in [-0.25, -0.2) is 0 Å². The molecule has 1 aromatic carbocycles. The van der Waals surface area contributed by atoms with Crippen LogP contribution in [0.4, 0.5) is 24.5 Å². The predicted octanol–water partition coefficient (Wildman–Crippen LogP) is 5.40. The molecule has 1 amide bonds. The summed E-state index contributed by atoms with van der Waals surface area (Å²) in [5.74, 6) is 0.158. The first kappa shape index (κ1) is 28.2. The van der Waals surface area contributed by atoms with Crippen molar-refractivity contribution >= 4 is 17.3 Å². The quantitative estimate of drug-likeness (QED) is 0.541. The number of hydrogen-bond donors (Lipinski definition) is 1. The number of anilines is 2. The molecule has 0 aliphatic carbocycles.